The smallest absolute Gasteiger partial charge is 0.192 e. The summed E-state index contributed by atoms with van der Waals surface area (Å²) in [7, 11) is 0. The van der Waals surface area contributed by atoms with Crippen LogP contribution in [0.1, 0.15) is 26.7 Å². The normalized spacial score (nSPS) is 40.0. The molecule has 2 rings (SSSR count). The van der Waals surface area contributed by atoms with Gasteiger partial charge in [0.1, 0.15) is 12.2 Å². The second-order valence-electron chi connectivity index (χ2n) is 5.38. The molecule has 1 fully saturated rings. The van der Waals surface area contributed by atoms with Crippen LogP contribution in [0, 0.1) is 11.8 Å². The molecule has 4 atom stereocenters. The lowest BCUT2D eigenvalue weighted by Gasteiger charge is -2.20. The summed E-state index contributed by atoms with van der Waals surface area (Å²) in [5.41, 5.74) is 0.993. The van der Waals surface area contributed by atoms with Crippen LogP contribution in [0.5, 0.6) is 0 Å². The van der Waals surface area contributed by atoms with E-state index in [1.54, 1.807) is 0 Å². The molecule has 0 saturated carbocycles. The summed E-state index contributed by atoms with van der Waals surface area (Å²) in [6.07, 6.45) is 3.87. The third-order valence-electron chi connectivity index (χ3n) is 3.59. The third kappa shape index (κ3) is 2.85. The van der Waals surface area contributed by atoms with E-state index in [1.165, 1.54) is 0 Å². The van der Waals surface area contributed by atoms with E-state index in [0.717, 1.165) is 5.57 Å². The molecule has 0 spiro atoms. The highest BCUT2D eigenvalue weighted by Crippen LogP contribution is 2.33. The summed E-state index contributed by atoms with van der Waals surface area (Å²) >= 11 is 0. The average Bonchev–Trinajstić information content (AvgIpc) is 3.00. The summed E-state index contributed by atoms with van der Waals surface area (Å²) in [5, 5.41) is 9.90. The zero-order chi connectivity index (χ0) is 12.6. The minimum atomic E-state index is -0.895. The van der Waals surface area contributed by atoms with E-state index < -0.39 is 12.2 Å². The van der Waals surface area contributed by atoms with Gasteiger partial charge in [0, 0.05) is 6.42 Å². The Morgan fingerprint density at radius 2 is 2.24 bits per heavy atom. The van der Waals surface area contributed by atoms with Gasteiger partial charge in [0.25, 0.3) is 0 Å². The Kier molecular flexibility index (Phi) is 3.50. The fraction of sp³-hybridized carbons (Fsp3) is 0.643. The molecule has 2 aliphatic rings. The standard InChI is InChI=1S/C14H20O3/c1-8(2)10-5-4-9(3)6-12-14(17-12)13(16)11(15)7-10/h4-5,8,10-12,14-15H,3,6-7H2,1-2H3/b5-4-/t10-,11?,12+,14+/m0/s1. The van der Waals surface area contributed by atoms with Crippen molar-refractivity contribution in [1.29, 1.82) is 0 Å². The number of Topliss-reactive ketones (excluding diaryl/α,β-unsaturated/α-hetero) is 1. The van der Waals surface area contributed by atoms with Crippen molar-refractivity contribution >= 4 is 5.78 Å². The maximum absolute atomic E-state index is 11.9. The lowest BCUT2D eigenvalue weighted by atomic mass is 9.86. The van der Waals surface area contributed by atoms with E-state index in [2.05, 4.69) is 26.5 Å². The number of fused-ring (bicyclic) bond motifs is 1. The Bertz CT molecular complexity index is 356. The Labute approximate surface area is 102 Å². The highest BCUT2D eigenvalue weighted by atomic mass is 16.6. The SMILES string of the molecule is C=C1/C=C\[C@H](C(C)C)CC(O)C(=O)[C@@H]2O[C@@H]2C1. The lowest BCUT2D eigenvalue weighted by molar-refractivity contribution is -0.129. The molecule has 1 aliphatic carbocycles. The van der Waals surface area contributed by atoms with Crippen LogP contribution in [0.15, 0.2) is 24.3 Å². The maximum Gasteiger partial charge on any atom is 0.192 e. The van der Waals surface area contributed by atoms with Crippen molar-refractivity contribution < 1.29 is 14.6 Å². The fourth-order valence-corrected chi connectivity index (χ4v) is 2.27. The first-order valence-corrected chi connectivity index (χ1v) is 6.22. The minimum absolute atomic E-state index is 0.0649. The predicted molar refractivity (Wildman–Crippen MR) is 65.5 cm³/mol. The third-order valence-corrected chi connectivity index (χ3v) is 3.59. The summed E-state index contributed by atoms with van der Waals surface area (Å²) < 4.78 is 5.29. The number of rotatable bonds is 1. The Morgan fingerprint density at radius 1 is 1.53 bits per heavy atom. The van der Waals surface area contributed by atoms with Gasteiger partial charge in [-0.1, -0.05) is 38.2 Å². The van der Waals surface area contributed by atoms with Crippen LogP contribution in [0.4, 0.5) is 0 Å². The van der Waals surface area contributed by atoms with Crippen molar-refractivity contribution in [2.75, 3.05) is 0 Å². The summed E-state index contributed by atoms with van der Waals surface area (Å²) in [6.45, 7) is 8.15. The van der Waals surface area contributed by atoms with Crippen LogP contribution in [0.25, 0.3) is 0 Å². The molecule has 0 aromatic heterocycles. The van der Waals surface area contributed by atoms with Crippen molar-refractivity contribution in [3.8, 4) is 0 Å². The molecule has 1 saturated heterocycles. The number of ether oxygens (including phenoxy) is 1. The van der Waals surface area contributed by atoms with Gasteiger partial charge < -0.3 is 9.84 Å². The van der Waals surface area contributed by atoms with Crippen molar-refractivity contribution in [3.05, 3.63) is 24.3 Å². The van der Waals surface area contributed by atoms with Crippen molar-refractivity contribution in [1.82, 2.24) is 0 Å². The van der Waals surface area contributed by atoms with Crippen LogP contribution < -0.4 is 0 Å². The molecule has 0 bridgehead atoms. The number of carbonyl (C=O) groups excluding carboxylic acids is 1. The quantitative estimate of drug-likeness (QED) is 0.707. The molecule has 1 N–H and O–H groups in total. The summed E-state index contributed by atoms with van der Waals surface area (Å²) in [6, 6.07) is 0. The number of epoxide rings is 1. The number of allylic oxidation sites excluding steroid dienone is 2. The molecular weight excluding hydrogens is 216 g/mol. The summed E-state index contributed by atoms with van der Waals surface area (Å²) in [5.74, 6) is 0.446. The average molecular weight is 236 g/mol. The van der Waals surface area contributed by atoms with Gasteiger partial charge in [-0.05, 0) is 18.3 Å². The van der Waals surface area contributed by atoms with Gasteiger partial charge in [-0.15, -0.1) is 0 Å². The molecule has 0 amide bonds. The second-order valence-corrected chi connectivity index (χ2v) is 5.38. The fourth-order valence-electron chi connectivity index (χ4n) is 2.27. The van der Waals surface area contributed by atoms with Crippen LogP contribution in [0.2, 0.25) is 0 Å². The monoisotopic (exact) mass is 236 g/mol. The van der Waals surface area contributed by atoms with E-state index in [0.29, 0.717) is 18.8 Å². The molecular formula is C14H20O3. The minimum Gasteiger partial charge on any atom is -0.385 e. The molecule has 1 unspecified atom stereocenters. The van der Waals surface area contributed by atoms with Crippen LogP contribution in [0.3, 0.4) is 0 Å². The first-order valence-electron chi connectivity index (χ1n) is 6.22. The van der Waals surface area contributed by atoms with Gasteiger partial charge >= 0.3 is 0 Å². The van der Waals surface area contributed by atoms with Gasteiger partial charge in [-0.3, -0.25) is 4.79 Å². The Morgan fingerprint density at radius 3 is 2.88 bits per heavy atom. The topological polar surface area (TPSA) is 49.8 Å². The van der Waals surface area contributed by atoms with E-state index in [9.17, 15) is 9.90 Å². The van der Waals surface area contributed by atoms with Crippen LogP contribution >= 0.6 is 0 Å². The molecule has 94 valence electrons. The number of hydrogen-bond donors (Lipinski definition) is 1. The molecule has 1 heterocycles. The molecule has 3 nitrogen and oxygen atoms in total. The van der Waals surface area contributed by atoms with Crippen molar-refractivity contribution in [2.45, 2.75) is 45.0 Å². The molecule has 1 aliphatic heterocycles. The van der Waals surface area contributed by atoms with Gasteiger partial charge in [-0.25, -0.2) is 0 Å². The first kappa shape index (κ1) is 12.5. The number of hydrogen-bond acceptors (Lipinski definition) is 3. The molecule has 0 aromatic carbocycles. The number of aliphatic hydroxyl groups is 1. The number of carbonyl (C=O) groups is 1. The summed E-state index contributed by atoms with van der Waals surface area (Å²) in [4.78, 5) is 11.9. The number of ketones is 1. The van der Waals surface area contributed by atoms with E-state index in [4.69, 9.17) is 4.74 Å². The van der Waals surface area contributed by atoms with Crippen molar-refractivity contribution in [2.24, 2.45) is 11.8 Å². The molecule has 0 aromatic rings. The molecule has 17 heavy (non-hydrogen) atoms. The van der Waals surface area contributed by atoms with Gasteiger partial charge in [0.2, 0.25) is 0 Å². The lowest BCUT2D eigenvalue weighted by Crippen LogP contribution is -2.30. The molecule has 0 radical (unpaired) electrons. The molecule has 3 heteroatoms. The zero-order valence-electron chi connectivity index (χ0n) is 10.4. The predicted octanol–water partition coefficient (Wildman–Crippen LogP) is 1.86. The van der Waals surface area contributed by atoms with Gasteiger partial charge in [0.05, 0.1) is 6.10 Å². The second kappa shape index (κ2) is 4.75. The van der Waals surface area contributed by atoms with Gasteiger partial charge in [0.15, 0.2) is 5.78 Å². The number of aliphatic hydroxyl groups excluding tert-OH is 1. The Hall–Kier alpha value is -0.930. The van der Waals surface area contributed by atoms with Crippen molar-refractivity contribution in [3.63, 3.8) is 0 Å². The van der Waals surface area contributed by atoms with Gasteiger partial charge in [-0.2, -0.15) is 0 Å². The first-order chi connectivity index (χ1) is 7.99. The van der Waals surface area contributed by atoms with E-state index >= 15 is 0 Å². The van der Waals surface area contributed by atoms with Crippen LogP contribution in [-0.4, -0.2) is 29.2 Å². The largest absolute Gasteiger partial charge is 0.385 e. The van der Waals surface area contributed by atoms with E-state index in [1.807, 2.05) is 6.08 Å². The Balaban J connectivity index is 2.15. The van der Waals surface area contributed by atoms with E-state index in [-0.39, 0.29) is 17.8 Å². The highest BCUT2D eigenvalue weighted by Gasteiger charge is 2.47. The zero-order valence-corrected chi connectivity index (χ0v) is 10.4. The highest BCUT2D eigenvalue weighted by molar-refractivity contribution is 5.89. The van der Waals surface area contributed by atoms with Crippen LogP contribution in [-0.2, 0) is 9.53 Å². The maximum atomic E-state index is 11.9.